The first-order valence-electron chi connectivity index (χ1n) is 6.52. The van der Waals surface area contributed by atoms with Crippen LogP contribution >= 0.6 is 15.9 Å². The highest BCUT2D eigenvalue weighted by Crippen LogP contribution is 2.34. The molecule has 0 atom stereocenters. The zero-order valence-electron chi connectivity index (χ0n) is 10.6. The van der Waals surface area contributed by atoms with Crippen LogP contribution in [0.15, 0.2) is 36.4 Å². The number of benzene rings is 2. The van der Waals surface area contributed by atoms with Gasteiger partial charge < -0.3 is 0 Å². The zero-order chi connectivity index (χ0) is 12.5. The van der Waals surface area contributed by atoms with Gasteiger partial charge in [0.05, 0.1) is 10.9 Å². The minimum absolute atomic E-state index is 1.09. The highest BCUT2D eigenvalue weighted by atomic mass is 79.9. The number of rotatable bonds is 4. The summed E-state index contributed by atoms with van der Waals surface area (Å²) in [5.74, 6) is 0. The summed E-state index contributed by atoms with van der Waals surface area (Å²) < 4.78 is 2.47. The van der Waals surface area contributed by atoms with Gasteiger partial charge >= 0.3 is 0 Å². The summed E-state index contributed by atoms with van der Waals surface area (Å²) in [6.07, 6.45) is 2.46. The van der Waals surface area contributed by atoms with E-state index in [0.717, 1.165) is 11.9 Å². The molecule has 0 spiro atoms. The fraction of sp³-hybridized carbons (Fsp3) is 0.312. The van der Waals surface area contributed by atoms with Gasteiger partial charge in [-0.05, 0) is 17.9 Å². The van der Waals surface area contributed by atoms with Crippen molar-refractivity contribution in [2.24, 2.45) is 0 Å². The molecule has 2 aromatic rings. The lowest BCUT2D eigenvalue weighted by Crippen LogP contribution is -2.12. The Balaban J connectivity index is 2.08. The Morgan fingerprint density at radius 2 is 1.83 bits per heavy atom. The third kappa shape index (κ3) is 1.79. The highest BCUT2D eigenvalue weighted by molar-refractivity contribution is 9.09. The van der Waals surface area contributed by atoms with Crippen molar-refractivity contribution in [2.75, 3.05) is 11.9 Å². The summed E-state index contributed by atoms with van der Waals surface area (Å²) in [6, 6.07) is 13.2. The molecule has 18 heavy (non-hydrogen) atoms. The van der Waals surface area contributed by atoms with Crippen LogP contribution < -0.4 is 0 Å². The second-order valence-electron chi connectivity index (χ2n) is 4.81. The van der Waals surface area contributed by atoms with Crippen molar-refractivity contribution >= 4 is 38.1 Å². The number of unbranched alkanes of at least 4 members (excludes halogenated alkanes) is 1. The number of hydrogen-bond donors (Lipinski definition) is 0. The van der Waals surface area contributed by atoms with Crippen molar-refractivity contribution in [3.63, 3.8) is 0 Å². The van der Waals surface area contributed by atoms with E-state index in [1.165, 1.54) is 40.6 Å². The Morgan fingerprint density at radius 3 is 2.61 bits per heavy atom. The Bertz CT molecular complexity index is 623. The van der Waals surface area contributed by atoms with Gasteiger partial charge in [-0.15, -0.1) is 0 Å². The molecule has 0 unspecified atom stereocenters. The first-order valence-corrected chi connectivity index (χ1v) is 7.64. The van der Waals surface area contributed by atoms with Crippen LogP contribution in [0.25, 0.3) is 10.8 Å². The van der Waals surface area contributed by atoms with Crippen molar-refractivity contribution in [3.8, 4) is 0 Å². The van der Waals surface area contributed by atoms with Gasteiger partial charge in [-0.1, -0.05) is 40.2 Å². The monoisotopic (exact) mass is 302 g/mol. The second-order valence-corrected chi connectivity index (χ2v) is 5.61. The first-order chi connectivity index (χ1) is 8.83. The van der Waals surface area contributed by atoms with Gasteiger partial charge in [0.2, 0.25) is 5.69 Å². The molecule has 1 nitrogen and oxygen atoms in total. The van der Waals surface area contributed by atoms with Crippen LogP contribution in [0.3, 0.4) is 0 Å². The lowest BCUT2D eigenvalue weighted by atomic mass is 10.0. The van der Waals surface area contributed by atoms with Crippen molar-refractivity contribution < 1.29 is 4.58 Å². The molecule has 0 aliphatic carbocycles. The summed E-state index contributed by atoms with van der Waals surface area (Å²) in [5.41, 5.74) is 4.19. The van der Waals surface area contributed by atoms with Crippen LogP contribution in [0.4, 0.5) is 5.69 Å². The lowest BCUT2D eigenvalue weighted by Gasteiger charge is -2.01. The largest absolute Gasteiger partial charge is 0.214 e. The van der Waals surface area contributed by atoms with Crippen LogP contribution in [-0.2, 0) is 0 Å². The van der Waals surface area contributed by atoms with Gasteiger partial charge in [0.25, 0.3) is 0 Å². The van der Waals surface area contributed by atoms with Crippen molar-refractivity contribution in [2.45, 2.75) is 19.8 Å². The fourth-order valence-corrected chi connectivity index (χ4v) is 3.22. The Kier molecular flexibility index (Phi) is 3.21. The molecule has 0 amide bonds. The second kappa shape index (κ2) is 4.85. The molecule has 2 heteroatoms. The third-order valence-electron chi connectivity index (χ3n) is 3.73. The number of halogens is 1. The van der Waals surface area contributed by atoms with Crippen LogP contribution in [0.5, 0.6) is 0 Å². The molecule has 3 rings (SSSR count). The minimum Gasteiger partial charge on any atom is -0.195 e. The average molecular weight is 303 g/mol. The van der Waals surface area contributed by atoms with E-state index in [4.69, 9.17) is 0 Å². The fourth-order valence-electron chi connectivity index (χ4n) is 2.83. The standard InChI is InChI=1S/C16H17BrN/c1-12-14-8-4-6-13-7-5-9-15(16(13)14)18(12)11-3-2-10-17/h4-9H,2-3,10-11H2,1H3/q+1. The van der Waals surface area contributed by atoms with Crippen molar-refractivity contribution in [3.05, 3.63) is 42.0 Å². The molecular weight excluding hydrogens is 286 g/mol. The maximum atomic E-state index is 3.51. The topological polar surface area (TPSA) is 3.01 Å². The lowest BCUT2D eigenvalue weighted by molar-refractivity contribution is -0.437. The van der Waals surface area contributed by atoms with E-state index < -0.39 is 0 Å². The first kappa shape index (κ1) is 11.9. The molecule has 0 N–H and O–H groups in total. The summed E-state index contributed by atoms with van der Waals surface area (Å²) in [7, 11) is 0. The van der Waals surface area contributed by atoms with Gasteiger partial charge in [0, 0.05) is 24.7 Å². The summed E-state index contributed by atoms with van der Waals surface area (Å²) in [5, 5.41) is 3.88. The predicted octanol–water partition coefficient (Wildman–Crippen LogP) is 4.48. The molecule has 0 aromatic heterocycles. The van der Waals surface area contributed by atoms with E-state index in [2.05, 4.69) is 63.8 Å². The van der Waals surface area contributed by atoms with Gasteiger partial charge in [-0.2, -0.15) is 4.58 Å². The molecule has 0 bridgehead atoms. The predicted molar refractivity (Wildman–Crippen MR) is 81.5 cm³/mol. The normalized spacial score (nSPS) is 13.7. The molecule has 1 aliphatic rings. The number of nitrogens with zero attached hydrogens (tertiary/aromatic N) is 1. The Morgan fingerprint density at radius 1 is 1.06 bits per heavy atom. The maximum absolute atomic E-state index is 3.51. The smallest absolute Gasteiger partial charge is 0.195 e. The number of alkyl halides is 1. The van der Waals surface area contributed by atoms with Crippen LogP contribution in [0.2, 0.25) is 0 Å². The van der Waals surface area contributed by atoms with E-state index in [0.29, 0.717) is 0 Å². The van der Waals surface area contributed by atoms with Crippen LogP contribution in [0, 0.1) is 0 Å². The van der Waals surface area contributed by atoms with E-state index in [1.54, 1.807) is 0 Å². The van der Waals surface area contributed by atoms with Gasteiger partial charge in [-0.3, -0.25) is 0 Å². The van der Waals surface area contributed by atoms with Crippen LogP contribution in [-0.4, -0.2) is 22.2 Å². The molecule has 0 radical (unpaired) electrons. The van der Waals surface area contributed by atoms with E-state index in [1.807, 2.05) is 0 Å². The SMILES string of the molecule is CC1=[N+](CCCCBr)c2cccc3cccc1c23. The van der Waals surface area contributed by atoms with E-state index in [9.17, 15) is 0 Å². The maximum Gasteiger partial charge on any atom is 0.214 e. The molecule has 2 aromatic carbocycles. The molecule has 1 aliphatic heterocycles. The van der Waals surface area contributed by atoms with Gasteiger partial charge in [0.1, 0.15) is 6.54 Å². The summed E-state index contributed by atoms with van der Waals surface area (Å²) in [4.78, 5) is 0. The van der Waals surface area contributed by atoms with Crippen molar-refractivity contribution in [1.29, 1.82) is 0 Å². The third-order valence-corrected chi connectivity index (χ3v) is 4.29. The Labute approximate surface area is 116 Å². The zero-order valence-corrected chi connectivity index (χ0v) is 12.2. The Hall–Kier alpha value is -1.15. The van der Waals surface area contributed by atoms with E-state index >= 15 is 0 Å². The summed E-state index contributed by atoms with van der Waals surface area (Å²) in [6.45, 7) is 3.36. The minimum atomic E-state index is 1.09. The molecule has 0 saturated heterocycles. The van der Waals surface area contributed by atoms with Crippen molar-refractivity contribution in [1.82, 2.24) is 0 Å². The molecule has 0 fully saturated rings. The summed E-state index contributed by atoms with van der Waals surface area (Å²) >= 11 is 3.51. The van der Waals surface area contributed by atoms with Crippen LogP contribution in [0.1, 0.15) is 25.3 Å². The van der Waals surface area contributed by atoms with Gasteiger partial charge in [0.15, 0.2) is 5.71 Å². The highest BCUT2D eigenvalue weighted by Gasteiger charge is 2.27. The molecule has 92 valence electrons. The number of hydrogen-bond acceptors (Lipinski definition) is 0. The quantitative estimate of drug-likeness (QED) is 0.445. The average Bonchev–Trinajstić information content (AvgIpc) is 2.67. The molecular formula is C16H17BrN+. The van der Waals surface area contributed by atoms with E-state index in [-0.39, 0.29) is 0 Å². The molecule has 1 heterocycles. The van der Waals surface area contributed by atoms with Gasteiger partial charge in [-0.25, -0.2) is 0 Å². The molecule has 0 saturated carbocycles.